The van der Waals surface area contributed by atoms with Gasteiger partial charge in [0, 0.05) is 12.6 Å². The molecule has 0 spiro atoms. The highest BCUT2D eigenvalue weighted by Crippen LogP contribution is 2.12. The maximum Gasteiger partial charge on any atom is 0.304 e. The predicted molar refractivity (Wildman–Crippen MR) is 40.8 cm³/mol. The average Bonchev–Trinajstić information content (AvgIpc) is 2.13. The van der Waals surface area contributed by atoms with Crippen LogP contribution >= 0.6 is 12.4 Å². The van der Waals surface area contributed by atoms with Gasteiger partial charge in [-0.25, -0.2) is 4.39 Å². The molecule has 0 bridgehead atoms. The number of alkyl halides is 1. The van der Waals surface area contributed by atoms with Gasteiger partial charge in [-0.2, -0.15) is 0 Å². The molecule has 11 heavy (non-hydrogen) atoms. The van der Waals surface area contributed by atoms with E-state index in [9.17, 15) is 9.18 Å². The lowest BCUT2D eigenvalue weighted by molar-refractivity contribution is -0.137. The number of rotatable bonds is 2. The number of carbonyl (C=O) groups is 1. The molecular weight excluding hydrogens is 173 g/mol. The fraction of sp³-hybridized carbons (Fsp3) is 0.833. The number of hydrogen-bond acceptors (Lipinski definition) is 2. The number of carboxylic acids is 1. The summed E-state index contributed by atoms with van der Waals surface area (Å²) < 4.78 is 12.4. The number of halogens is 2. The third-order valence-corrected chi connectivity index (χ3v) is 1.59. The lowest BCUT2D eigenvalue weighted by Crippen LogP contribution is -2.24. The summed E-state index contributed by atoms with van der Waals surface area (Å²) >= 11 is 0. The van der Waals surface area contributed by atoms with Crippen LogP contribution in [0.4, 0.5) is 4.39 Å². The van der Waals surface area contributed by atoms with Crippen molar-refractivity contribution in [1.82, 2.24) is 5.32 Å². The minimum Gasteiger partial charge on any atom is -0.481 e. The molecule has 5 heteroatoms. The van der Waals surface area contributed by atoms with Crippen molar-refractivity contribution in [3.63, 3.8) is 0 Å². The minimum absolute atomic E-state index is 0. The third kappa shape index (κ3) is 3.53. The van der Waals surface area contributed by atoms with Crippen LogP contribution in [0.25, 0.3) is 0 Å². The first kappa shape index (κ1) is 10.7. The van der Waals surface area contributed by atoms with Gasteiger partial charge in [-0.1, -0.05) is 0 Å². The smallest absolute Gasteiger partial charge is 0.304 e. The van der Waals surface area contributed by atoms with E-state index in [2.05, 4.69) is 5.32 Å². The van der Waals surface area contributed by atoms with E-state index in [1.54, 1.807) is 0 Å². The summed E-state index contributed by atoms with van der Waals surface area (Å²) in [5.74, 6) is -0.869. The Morgan fingerprint density at radius 3 is 2.73 bits per heavy atom. The van der Waals surface area contributed by atoms with E-state index in [1.807, 2.05) is 0 Å². The molecule has 1 fully saturated rings. The van der Waals surface area contributed by atoms with Gasteiger partial charge in [-0.15, -0.1) is 12.4 Å². The fourth-order valence-electron chi connectivity index (χ4n) is 1.14. The second-order valence-corrected chi connectivity index (χ2v) is 2.54. The standard InChI is InChI=1S/C6H10FNO2.ClH/c7-4-1-5(8-3-4)2-6(9)10;/h4-5,8H,1-3H2,(H,9,10);1H/t4-,5+;/m1./s1. The van der Waals surface area contributed by atoms with E-state index in [0.29, 0.717) is 13.0 Å². The van der Waals surface area contributed by atoms with Crippen LogP contribution in [0.5, 0.6) is 0 Å². The van der Waals surface area contributed by atoms with Crippen LogP contribution in [-0.2, 0) is 4.79 Å². The highest BCUT2D eigenvalue weighted by atomic mass is 35.5. The van der Waals surface area contributed by atoms with Crippen molar-refractivity contribution in [3.8, 4) is 0 Å². The molecule has 0 aromatic heterocycles. The minimum atomic E-state index is -0.869. The summed E-state index contributed by atoms with van der Waals surface area (Å²) in [5, 5.41) is 11.1. The summed E-state index contributed by atoms with van der Waals surface area (Å²) in [6, 6.07) is -0.160. The van der Waals surface area contributed by atoms with Crippen LogP contribution in [0.2, 0.25) is 0 Å². The molecule has 1 rings (SSSR count). The van der Waals surface area contributed by atoms with Gasteiger partial charge in [-0.3, -0.25) is 4.79 Å². The first-order valence-corrected chi connectivity index (χ1v) is 3.27. The van der Waals surface area contributed by atoms with Gasteiger partial charge >= 0.3 is 5.97 Å². The van der Waals surface area contributed by atoms with E-state index in [4.69, 9.17) is 5.11 Å². The average molecular weight is 184 g/mol. The summed E-state index contributed by atoms with van der Waals surface area (Å²) in [5.41, 5.74) is 0. The van der Waals surface area contributed by atoms with Gasteiger partial charge in [-0.05, 0) is 6.42 Å². The summed E-state index contributed by atoms with van der Waals surface area (Å²) in [6.07, 6.45) is -0.489. The largest absolute Gasteiger partial charge is 0.481 e. The first-order valence-electron chi connectivity index (χ1n) is 3.27. The monoisotopic (exact) mass is 183 g/mol. The van der Waals surface area contributed by atoms with E-state index >= 15 is 0 Å². The zero-order valence-electron chi connectivity index (χ0n) is 5.92. The number of carboxylic acid groups (broad SMARTS) is 1. The Morgan fingerprint density at radius 2 is 2.36 bits per heavy atom. The molecule has 0 aromatic rings. The molecule has 0 unspecified atom stereocenters. The van der Waals surface area contributed by atoms with Crippen molar-refractivity contribution in [2.45, 2.75) is 25.1 Å². The van der Waals surface area contributed by atoms with E-state index < -0.39 is 12.1 Å². The number of aliphatic carboxylic acids is 1. The van der Waals surface area contributed by atoms with Crippen LogP contribution in [0, 0.1) is 0 Å². The first-order chi connectivity index (χ1) is 4.68. The van der Waals surface area contributed by atoms with Crippen molar-refractivity contribution in [2.24, 2.45) is 0 Å². The molecule has 2 N–H and O–H groups in total. The van der Waals surface area contributed by atoms with Gasteiger partial charge in [0.15, 0.2) is 0 Å². The van der Waals surface area contributed by atoms with Gasteiger partial charge in [0.1, 0.15) is 6.17 Å². The molecule has 0 aliphatic carbocycles. The number of hydrogen-bond donors (Lipinski definition) is 2. The van der Waals surface area contributed by atoms with Crippen LogP contribution in [0.1, 0.15) is 12.8 Å². The van der Waals surface area contributed by atoms with Gasteiger partial charge < -0.3 is 10.4 Å². The maximum atomic E-state index is 12.4. The summed E-state index contributed by atoms with van der Waals surface area (Å²) in [6.45, 7) is 0.304. The zero-order chi connectivity index (χ0) is 7.56. The van der Waals surface area contributed by atoms with Crippen molar-refractivity contribution in [2.75, 3.05) is 6.54 Å². The molecule has 2 atom stereocenters. The Kier molecular flexibility index (Phi) is 4.37. The Labute approximate surface area is 70.4 Å². The second kappa shape index (κ2) is 4.51. The molecule has 3 nitrogen and oxygen atoms in total. The normalized spacial score (nSPS) is 29.5. The maximum absolute atomic E-state index is 12.4. The van der Waals surface area contributed by atoms with Gasteiger partial charge in [0.2, 0.25) is 0 Å². The highest BCUT2D eigenvalue weighted by Gasteiger charge is 2.24. The van der Waals surface area contributed by atoms with E-state index in [-0.39, 0.29) is 24.9 Å². The summed E-state index contributed by atoms with van der Waals surface area (Å²) in [7, 11) is 0. The lowest BCUT2D eigenvalue weighted by Gasteiger charge is -2.03. The fourth-order valence-corrected chi connectivity index (χ4v) is 1.14. The second-order valence-electron chi connectivity index (χ2n) is 2.54. The van der Waals surface area contributed by atoms with E-state index in [1.165, 1.54) is 0 Å². The SMILES string of the molecule is Cl.O=C(O)C[C@@H]1C[C@@H](F)CN1. The van der Waals surface area contributed by atoms with Crippen LogP contribution in [0.15, 0.2) is 0 Å². The van der Waals surface area contributed by atoms with Crippen molar-refractivity contribution in [3.05, 3.63) is 0 Å². The van der Waals surface area contributed by atoms with Crippen LogP contribution in [0.3, 0.4) is 0 Å². The lowest BCUT2D eigenvalue weighted by atomic mass is 10.1. The van der Waals surface area contributed by atoms with Crippen LogP contribution < -0.4 is 5.32 Å². The highest BCUT2D eigenvalue weighted by molar-refractivity contribution is 5.85. The molecule has 0 aromatic carbocycles. The molecule has 1 heterocycles. The molecule has 0 saturated carbocycles. The Bertz CT molecular complexity index is 145. The third-order valence-electron chi connectivity index (χ3n) is 1.59. The molecule has 66 valence electrons. The van der Waals surface area contributed by atoms with Crippen LogP contribution in [-0.4, -0.2) is 29.8 Å². The predicted octanol–water partition coefficient (Wildman–Crippen LogP) is 0.583. The molecule has 1 aliphatic heterocycles. The topological polar surface area (TPSA) is 49.3 Å². The molecule has 0 amide bonds. The van der Waals surface area contributed by atoms with Gasteiger partial charge in [0.05, 0.1) is 6.42 Å². The molecule has 0 radical (unpaired) electrons. The Morgan fingerprint density at radius 1 is 1.73 bits per heavy atom. The Hall–Kier alpha value is -0.350. The number of nitrogens with one attached hydrogen (secondary N) is 1. The summed E-state index contributed by atoms with van der Waals surface area (Å²) in [4.78, 5) is 10.1. The molecule has 1 saturated heterocycles. The van der Waals surface area contributed by atoms with E-state index in [0.717, 1.165) is 0 Å². The molecular formula is C6H11ClFNO2. The molecule has 1 aliphatic rings. The van der Waals surface area contributed by atoms with Crippen molar-refractivity contribution in [1.29, 1.82) is 0 Å². The Balaban J connectivity index is 0.000001000. The van der Waals surface area contributed by atoms with Gasteiger partial charge in [0.25, 0.3) is 0 Å². The quantitative estimate of drug-likeness (QED) is 0.659. The van der Waals surface area contributed by atoms with Crippen molar-refractivity contribution >= 4 is 18.4 Å². The van der Waals surface area contributed by atoms with Crippen molar-refractivity contribution < 1.29 is 14.3 Å². The zero-order valence-corrected chi connectivity index (χ0v) is 6.73.